The van der Waals surface area contributed by atoms with Crippen LogP contribution in [0.1, 0.15) is 41.9 Å². The van der Waals surface area contributed by atoms with E-state index in [1.54, 1.807) is 24.8 Å². The summed E-state index contributed by atoms with van der Waals surface area (Å²) in [6.45, 7) is 3.40. The van der Waals surface area contributed by atoms with E-state index in [2.05, 4.69) is 31.1 Å². The van der Waals surface area contributed by atoms with Gasteiger partial charge >= 0.3 is 0 Å². The van der Waals surface area contributed by atoms with Crippen molar-refractivity contribution < 1.29 is 9.32 Å². The van der Waals surface area contributed by atoms with E-state index >= 15 is 0 Å². The van der Waals surface area contributed by atoms with Gasteiger partial charge in [-0.3, -0.25) is 9.78 Å². The van der Waals surface area contributed by atoms with Crippen LogP contribution in [0.15, 0.2) is 47.5 Å². The molecule has 5 rings (SSSR count). The number of carbonyl (C=O) groups is 1. The van der Waals surface area contributed by atoms with Gasteiger partial charge in [-0.25, -0.2) is 9.97 Å². The van der Waals surface area contributed by atoms with Gasteiger partial charge in [-0.15, -0.1) is 0 Å². The summed E-state index contributed by atoms with van der Waals surface area (Å²) in [5.41, 5.74) is 2.13. The number of carbonyl (C=O) groups excluding carboxylic acids is 1. The molecule has 0 unspecified atom stereocenters. The van der Waals surface area contributed by atoms with Gasteiger partial charge < -0.3 is 14.3 Å². The van der Waals surface area contributed by atoms with E-state index in [1.807, 2.05) is 24.0 Å². The Morgan fingerprint density at radius 2 is 1.93 bits per heavy atom. The van der Waals surface area contributed by atoms with Crippen LogP contribution in [0, 0.1) is 6.92 Å². The first-order valence-corrected chi connectivity index (χ1v) is 10.4. The van der Waals surface area contributed by atoms with E-state index in [-0.39, 0.29) is 5.91 Å². The van der Waals surface area contributed by atoms with Crippen molar-refractivity contribution in [3.8, 4) is 11.3 Å². The summed E-state index contributed by atoms with van der Waals surface area (Å²) in [7, 11) is 0. The molecule has 3 aromatic heterocycles. The predicted molar refractivity (Wildman–Crippen MR) is 111 cm³/mol. The van der Waals surface area contributed by atoms with Gasteiger partial charge in [-0.1, -0.05) is 5.16 Å². The molecule has 8 nitrogen and oxygen atoms in total. The third-order valence-corrected chi connectivity index (χ3v) is 5.81. The normalized spacial score (nSPS) is 17.2. The van der Waals surface area contributed by atoms with Crippen molar-refractivity contribution in [3.63, 3.8) is 0 Å². The van der Waals surface area contributed by atoms with Crippen molar-refractivity contribution in [3.05, 3.63) is 54.4 Å². The van der Waals surface area contributed by atoms with E-state index in [1.165, 1.54) is 12.8 Å². The lowest BCUT2D eigenvalue weighted by molar-refractivity contribution is 0.0701. The second kappa shape index (κ2) is 7.85. The smallest absolute Gasteiger partial charge is 0.276 e. The Balaban J connectivity index is 1.25. The van der Waals surface area contributed by atoms with Crippen LogP contribution < -0.4 is 4.90 Å². The number of pyridine rings is 1. The summed E-state index contributed by atoms with van der Waals surface area (Å²) in [5.74, 6) is 1.48. The number of likely N-dealkylation sites (tertiary alicyclic amines) is 1. The first-order valence-electron chi connectivity index (χ1n) is 10.4. The van der Waals surface area contributed by atoms with Crippen LogP contribution >= 0.6 is 0 Å². The summed E-state index contributed by atoms with van der Waals surface area (Å²) >= 11 is 0. The lowest BCUT2D eigenvalue weighted by Gasteiger charge is -2.39. The van der Waals surface area contributed by atoms with Crippen LogP contribution in [-0.2, 0) is 0 Å². The maximum atomic E-state index is 12.9. The average molecular weight is 404 g/mol. The molecule has 1 amide bonds. The van der Waals surface area contributed by atoms with Crippen LogP contribution in [0.3, 0.4) is 0 Å². The molecule has 0 aromatic carbocycles. The summed E-state index contributed by atoms with van der Waals surface area (Å²) in [5, 5.41) is 4.00. The first kappa shape index (κ1) is 18.7. The Bertz CT molecular complexity index is 1020. The van der Waals surface area contributed by atoms with Crippen LogP contribution in [0.2, 0.25) is 0 Å². The number of hydrogen-bond donors (Lipinski definition) is 0. The van der Waals surface area contributed by atoms with Crippen LogP contribution in [0.4, 0.5) is 5.82 Å². The molecular weight excluding hydrogens is 380 g/mol. The average Bonchev–Trinajstić information content (AvgIpc) is 3.48. The van der Waals surface area contributed by atoms with Crippen molar-refractivity contribution in [1.29, 1.82) is 0 Å². The highest BCUT2D eigenvalue weighted by molar-refractivity contribution is 5.93. The van der Waals surface area contributed by atoms with Gasteiger partial charge in [-0.05, 0) is 44.7 Å². The minimum Gasteiger partial charge on any atom is -0.355 e. The number of nitrogens with zero attached hydrogens (tertiary/aromatic N) is 6. The molecule has 4 heterocycles. The molecule has 154 valence electrons. The van der Waals surface area contributed by atoms with E-state index < -0.39 is 0 Å². The molecule has 1 saturated carbocycles. The number of aromatic nitrogens is 4. The van der Waals surface area contributed by atoms with Gasteiger partial charge in [0.15, 0.2) is 11.5 Å². The van der Waals surface area contributed by atoms with Crippen LogP contribution in [0.25, 0.3) is 11.3 Å². The summed E-state index contributed by atoms with van der Waals surface area (Å²) in [6.07, 6.45) is 9.28. The molecular formula is C22H24N6O2. The Morgan fingerprint density at radius 3 is 2.63 bits per heavy atom. The van der Waals surface area contributed by atoms with E-state index in [4.69, 9.17) is 4.52 Å². The molecule has 8 heteroatoms. The highest BCUT2D eigenvalue weighted by atomic mass is 16.5. The SMILES string of the molecule is Cc1cc(N(C2CC2)C2CCN(C(=O)c3cc(-c4cccnc4)on3)CC2)ncn1. The third-order valence-electron chi connectivity index (χ3n) is 5.81. The minimum atomic E-state index is -0.0804. The van der Waals surface area contributed by atoms with Gasteiger partial charge in [0.05, 0.1) is 0 Å². The summed E-state index contributed by atoms with van der Waals surface area (Å²) in [4.78, 5) is 30.1. The number of amides is 1. The van der Waals surface area contributed by atoms with Crippen LogP contribution in [-0.4, -0.2) is 56.1 Å². The molecule has 0 radical (unpaired) electrons. The van der Waals surface area contributed by atoms with Gasteiger partial charge in [0, 0.05) is 61.0 Å². The van der Waals surface area contributed by atoms with Gasteiger partial charge in [0.2, 0.25) is 0 Å². The topological polar surface area (TPSA) is 88.2 Å². The summed E-state index contributed by atoms with van der Waals surface area (Å²) in [6, 6.07) is 8.42. The third kappa shape index (κ3) is 3.77. The van der Waals surface area contributed by atoms with Gasteiger partial charge in [-0.2, -0.15) is 0 Å². The van der Waals surface area contributed by atoms with Crippen molar-refractivity contribution in [1.82, 2.24) is 25.0 Å². The Morgan fingerprint density at radius 1 is 1.13 bits per heavy atom. The second-order valence-electron chi connectivity index (χ2n) is 8.00. The molecule has 3 aromatic rings. The maximum Gasteiger partial charge on any atom is 0.276 e. The Kier molecular flexibility index (Phi) is 4.90. The number of anilines is 1. The van der Waals surface area contributed by atoms with Crippen molar-refractivity contribution in [2.45, 2.75) is 44.7 Å². The number of hydrogen-bond acceptors (Lipinski definition) is 7. The van der Waals surface area contributed by atoms with E-state index in [0.717, 1.165) is 29.9 Å². The molecule has 0 bridgehead atoms. The molecule has 1 aliphatic carbocycles. The molecule has 1 aliphatic heterocycles. The molecule has 0 spiro atoms. The molecule has 30 heavy (non-hydrogen) atoms. The zero-order chi connectivity index (χ0) is 20.5. The molecule has 2 fully saturated rings. The fourth-order valence-electron chi connectivity index (χ4n) is 4.14. The Hall–Kier alpha value is -3.29. The van der Waals surface area contributed by atoms with E-state index in [0.29, 0.717) is 36.6 Å². The van der Waals surface area contributed by atoms with E-state index in [9.17, 15) is 4.79 Å². The lowest BCUT2D eigenvalue weighted by Crippen LogP contribution is -2.48. The fraction of sp³-hybridized carbons (Fsp3) is 0.409. The molecule has 0 N–H and O–H groups in total. The largest absolute Gasteiger partial charge is 0.355 e. The fourth-order valence-corrected chi connectivity index (χ4v) is 4.14. The molecule has 1 saturated heterocycles. The van der Waals surface area contributed by atoms with Crippen molar-refractivity contribution in [2.75, 3.05) is 18.0 Å². The number of rotatable bonds is 5. The standard InChI is InChI=1S/C22H24N6O2/c1-15-11-21(25-14-24-15)28(17-4-5-17)18-6-9-27(10-7-18)22(29)19-12-20(30-26-19)16-3-2-8-23-13-16/h2-3,8,11-14,17-18H,4-7,9-10H2,1H3. The molecule has 2 aliphatic rings. The highest BCUT2D eigenvalue weighted by Gasteiger charge is 2.37. The first-order chi connectivity index (χ1) is 14.7. The zero-order valence-electron chi connectivity index (χ0n) is 16.9. The quantitative estimate of drug-likeness (QED) is 0.645. The van der Waals surface area contributed by atoms with Crippen LogP contribution in [0.5, 0.6) is 0 Å². The highest BCUT2D eigenvalue weighted by Crippen LogP contribution is 2.35. The summed E-state index contributed by atoms with van der Waals surface area (Å²) < 4.78 is 5.37. The molecule has 0 atom stereocenters. The van der Waals surface area contributed by atoms with Crippen molar-refractivity contribution >= 4 is 11.7 Å². The second-order valence-corrected chi connectivity index (χ2v) is 8.00. The zero-order valence-corrected chi connectivity index (χ0v) is 16.9. The Labute approximate surface area is 174 Å². The maximum absolute atomic E-state index is 12.9. The number of piperidine rings is 1. The minimum absolute atomic E-state index is 0.0804. The lowest BCUT2D eigenvalue weighted by atomic mass is 10.0. The van der Waals surface area contributed by atoms with Gasteiger partial charge in [0.1, 0.15) is 12.1 Å². The monoisotopic (exact) mass is 404 g/mol. The number of aryl methyl sites for hydroxylation is 1. The van der Waals surface area contributed by atoms with Crippen molar-refractivity contribution in [2.24, 2.45) is 0 Å². The predicted octanol–water partition coefficient (Wildman–Crippen LogP) is 3.11. The van der Waals surface area contributed by atoms with Gasteiger partial charge in [0.25, 0.3) is 5.91 Å².